The van der Waals surface area contributed by atoms with Crippen LogP contribution in [-0.4, -0.2) is 17.7 Å². The molecule has 1 rings (SSSR count). The first-order chi connectivity index (χ1) is 7.27. The summed E-state index contributed by atoms with van der Waals surface area (Å²) in [6.45, 7) is 3.00. The average Bonchev–Trinajstić information content (AvgIpc) is 2.29. The standard InChI is InChI=1S/C12H15NS2/c1-3-13-12(15-2)9-11(14)10-7-5-4-6-8-10/h4-9,13H,3H2,1-2H3/b12-9-. The summed E-state index contributed by atoms with van der Waals surface area (Å²) in [5.74, 6) is 0. The van der Waals surface area contributed by atoms with Gasteiger partial charge < -0.3 is 5.32 Å². The molecule has 0 radical (unpaired) electrons. The molecule has 80 valence electrons. The van der Waals surface area contributed by atoms with Crippen molar-refractivity contribution in [3.63, 3.8) is 0 Å². The third-order valence-corrected chi connectivity index (χ3v) is 2.95. The number of thiocarbonyl (C=S) groups is 1. The van der Waals surface area contributed by atoms with E-state index < -0.39 is 0 Å². The highest BCUT2D eigenvalue weighted by Crippen LogP contribution is 2.10. The van der Waals surface area contributed by atoms with E-state index in [0.29, 0.717) is 0 Å². The molecule has 1 aromatic rings. The van der Waals surface area contributed by atoms with E-state index in [1.165, 1.54) is 0 Å². The zero-order chi connectivity index (χ0) is 11.1. The molecule has 0 bridgehead atoms. The highest BCUT2D eigenvalue weighted by Gasteiger charge is 1.99. The summed E-state index contributed by atoms with van der Waals surface area (Å²) in [6, 6.07) is 10.1. The second-order valence-corrected chi connectivity index (χ2v) is 4.26. The second kappa shape index (κ2) is 6.64. The fourth-order valence-electron chi connectivity index (χ4n) is 1.16. The van der Waals surface area contributed by atoms with Crippen molar-refractivity contribution in [2.75, 3.05) is 12.8 Å². The number of hydrogen-bond donors (Lipinski definition) is 1. The third kappa shape index (κ3) is 4.06. The average molecular weight is 237 g/mol. The molecule has 1 N–H and O–H groups in total. The van der Waals surface area contributed by atoms with Gasteiger partial charge in [-0.2, -0.15) is 0 Å². The van der Waals surface area contributed by atoms with Crippen molar-refractivity contribution in [2.45, 2.75) is 6.92 Å². The fraction of sp³-hybridized carbons (Fsp3) is 0.250. The molecule has 1 aromatic carbocycles. The number of benzene rings is 1. The SMILES string of the molecule is CCN/C(=C/C(=S)c1ccccc1)SC. The lowest BCUT2D eigenvalue weighted by molar-refractivity contribution is 0.906. The molecule has 3 heteroatoms. The Bertz CT molecular complexity index is 344. The maximum Gasteiger partial charge on any atom is 0.0693 e. The third-order valence-electron chi connectivity index (χ3n) is 1.89. The van der Waals surface area contributed by atoms with Crippen LogP contribution in [0.4, 0.5) is 0 Å². The molecular formula is C12H15NS2. The van der Waals surface area contributed by atoms with Gasteiger partial charge in [0, 0.05) is 11.4 Å². The van der Waals surface area contributed by atoms with Gasteiger partial charge in [-0.1, -0.05) is 42.5 Å². The van der Waals surface area contributed by atoms with Crippen molar-refractivity contribution in [2.24, 2.45) is 0 Å². The molecule has 0 heterocycles. The predicted molar refractivity (Wildman–Crippen MR) is 73.4 cm³/mol. The predicted octanol–water partition coefficient (Wildman–Crippen LogP) is 3.22. The first kappa shape index (κ1) is 12.3. The minimum Gasteiger partial charge on any atom is -0.380 e. The van der Waals surface area contributed by atoms with Crippen LogP contribution in [0.25, 0.3) is 0 Å². The van der Waals surface area contributed by atoms with Gasteiger partial charge in [0.25, 0.3) is 0 Å². The van der Waals surface area contributed by atoms with Gasteiger partial charge in [-0.05, 0) is 24.8 Å². The molecule has 0 saturated heterocycles. The minimum atomic E-state index is 0.876. The van der Waals surface area contributed by atoms with E-state index in [1.807, 2.05) is 42.7 Å². The van der Waals surface area contributed by atoms with Crippen molar-refractivity contribution in [3.8, 4) is 0 Å². The molecule has 0 fully saturated rings. The molecule has 0 saturated carbocycles. The van der Waals surface area contributed by atoms with E-state index in [-0.39, 0.29) is 0 Å². The first-order valence-electron chi connectivity index (χ1n) is 4.87. The quantitative estimate of drug-likeness (QED) is 0.480. The monoisotopic (exact) mass is 237 g/mol. The second-order valence-electron chi connectivity index (χ2n) is 2.97. The number of thioether (sulfide) groups is 1. The Balaban J connectivity index is 2.77. The van der Waals surface area contributed by atoms with Gasteiger partial charge in [-0.3, -0.25) is 0 Å². The Morgan fingerprint density at radius 2 is 2.07 bits per heavy atom. The number of rotatable bonds is 5. The van der Waals surface area contributed by atoms with Crippen LogP contribution in [0.5, 0.6) is 0 Å². The van der Waals surface area contributed by atoms with Gasteiger partial charge in [0.05, 0.1) is 5.03 Å². The lowest BCUT2D eigenvalue weighted by Gasteiger charge is -2.06. The Kier molecular flexibility index (Phi) is 5.43. The topological polar surface area (TPSA) is 12.0 Å². The normalized spacial score (nSPS) is 11.2. The highest BCUT2D eigenvalue weighted by atomic mass is 32.2. The summed E-state index contributed by atoms with van der Waals surface area (Å²) >= 11 is 7.03. The van der Waals surface area contributed by atoms with Gasteiger partial charge in [0.2, 0.25) is 0 Å². The summed E-state index contributed by atoms with van der Waals surface area (Å²) in [5, 5.41) is 4.39. The van der Waals surface area contributed by atoms with E-state index in [1.54, 1.807) is 11.8 Å². The Labute approximate surface area is 101 Å². The van der Waals surface area contributed by atoms with Gasteiger partial charge >= 0.3 is 0 Å². The van der Waals surface area contributed by atoms with Crippen LogP contribution in [0, 0.1) is 0 Å². The lowest BCUT2D eigenvalue weighted by atomic mass is 10.1. The van der Waals surface area contributed by atoms with E-state index in [2.05, 4.69) is 12.2 Å². The van der Waals surface area contributed by atoms with Gasteiger partial charge in [-0.15, -0.1) is 11.8 Å². The van der Waals surface area contributed by atoms with Gasteiger partial charge in [0.1, 0.15) is 0 Å². The summed E-state index contributed by atoms with van der Waals surface area (Å²) < 4.78 is 0. The number of hydrogen-bond acceptors (Lipinski definition) is 3. The Morgan fingerprint density at radius 3 is 2.60 bits per heavy atom. The van der Waals surface area contributed by atoms with E-state index in [0.717, 1.165) is 22.0 Å². The van der Waals surface area contributed by atoms with Crippen LogP contribution in [0.3, 0.4) is 0 Å². The van der Waals surface area contributed by atoms with E-state index in [9.17, 15) is 0 Å². The number of allylic oxidation sites excluding steroid dienone is 1. The molecule has 0 atom stereocenters. The van der Waals surface area contributed by atoms with Crippen molar-refractivity contribution in [3.05, 3.63) is 47.0 Å². The van der Waals surface area contributed by atoms with Crippen LogP contribution < -0.4 is 5.32 Å². The highest BCUT2D eigenvalue weighted by molar-refractivity contribution is 8.02. The first-order valence-corrected chi connectivity index (χ1v) is 6.50. The smallest absolute Gasteiger partial charge is 0.0693 e. The molecule has 0 aliphatic rings. The minimum absolute atomic E-state index is 0.876. The van der Waals surface area contributed by atoms with E-state index >= 15 is 0 Å². The van der Waals surface area contributed by atoms with Gasteiger partial charge in [-0.25, -0.2) is 0 Å². The molecule has 0 aromatic heterocycles. The van der Waals surface area contributed by atoms with Crippen LogP contribution >= 0.6 is 24.0 Å². The molecule has 1 nitrogen and oxygen atoms in total. The largest absolute Gasteiger partial charge is 0.380 e. The Hall–Kier alpha value is -0.800. The molecular weight excluding hydrogens is 222 g/mol. The maximum absolute atomic E-state index is 5.35. The summed E-state index contributed by atoms with van der Waals surface area (Å²) in [5.41, 5.74) is 1.09. The van der Waals surface area contributed by atoms with Crippen molar-refractivity contribution in [1.29, 1.82) is 0 Å². The van der Waals surface area contributed by atoms with E-state index in [4.69, 9.17) is 12.2 Å². The molecule has 0 unspecified atom stereocenters. The maximum atomic E-state index is 5.35. The zero-order valence-corrected chi connectivity index (χ0v) is 10.6. The van der Waals surface area contributed by atoms with Crippen molar-refractivity contribution >= 4 is 28.8 Å². The van der Waals surface area contributed by atoms with Crippen LogP contribution in [-0.2, 0) is 0 Å². The molecule has 0 aliphatic carbocycles. The van der Waals surface area contributed by atoms with Crippen molar-refractivity contribution in [1.82, 2.24) is 5.32 Å². The van der Waals surface area contributed by atoms with Crippen LogP contribution in [0.2, 0.25) is 0 Å². The van der Waals surface area contributed by atoms with Crippen molar-refractivity contribution < 1.29 is 0 Å². The zero-order valence-electron chi connectivity index (χ0n) is 8.99. The lowest BCUT2D eigenvalue weighted by Crippen LogP contribution is -2.10. The summed E-state index contributed by atoms with van der Waals surface area (Å²) in [4.78, 5) is 0.876. The van der Waals surface area contributed by atoms with Crippen LogP contribution in [0.15, 0.2) is 41.4 Å². The molecule has 15 heavy (non-hydrogen) atoms. The van der Waals surface area contributed by atoms with Crippen LogP contribution in [0.1, 0.15) is 12.5 Å². The summed E-state index contributed by atoms with van der Waals surface area (Å²) in [6.07, 6.45) is 4.06. The molecule has 0 spiro atoms. The fourth-order valence-corrected chi connectivity index (χ4v) is 2.01. The summed E-state index contributed by atoms with van der Waals surface area (Å²) in [7, 11) is 0. The Morgan fingerprint density at radius 1 is 1.40 bits per heavy atom. The van der Waals surface area contributed by atoms with Gasteiger partial charge in [0.15, 0.2) is 0 Å². The number of nitrogens with one attached hydrogen (secondary N) is 1. The molecule has 0 aliphatic heterocycles. The molecule has 0 amide bonds.